The Balaban J connectivity index is 2.08. The number of alkyl halides is 3. The summed E-state index contributed by atoms with van der Waals surface area (Å²) in [7, 11) is 5.13. The minimum absolute atomic E-state index is 0.550. The van der Waals surface area contributed by atoms with Crippen LogP contribution in [0.25, 0.3) is 0 Å². The van der Waals surface area contributed by atoms with E-state index in [4.69, 9.17) is 49.0 Å². The first kappa shape index (κ1) is 27.5. The molecule has 0 saturated carbocycles. The topological polar surface area (TPSA) is 27.7 Å². The van der Waals surface area contributed by atoms with Gasteiger partial charge in [0, 0.05) is 30.5 Å². The molecule has 0 bridgehead atoms. The van der Waals surface area contributed by atoms with Crippen LogP contribution in [0.1, 0.15) is 38.9 Å². The zero-order valence-electron chi connectivity index (χ0n) is 20.6. The summed E-state index contributed by atoms with van der Waals surface area (Å²) in [4.78, 5) is 0. The number of methoxy groups -OCH3 is 3. The summed E-state index contributed by atoms with van der Waals surface area (Å²) >= 11 is 18.1. The summed E-state index contributed by atoms with van der Waals surface area (Å²) in [6, 6.07) is 16.9. The van der Waals surface area contributed by atoms with Gasteiger partial charge < -0.3 is 14.2 Å². The normalized spacial score (nSPS) is 10.9. The predicted molar refractivity (Wildman–Crippen MR) is 148 cm³/mol. The number of rotatable bonds is 13. The molecule has 0 saturated heterocycles. The van der Waals surface area contributed by atoms with Gasteiger partial charge in [0.2, 0.25) is 0 Å². The van der Waals surface area contributed by atoms with Gasteiger partial charge in [-0.2, -0.15) is 0 Å². The fourth-order valence-electron chi connectivity index (χ4n) is 4.48. The highest BCUT2D eigenvalue weighted by molar-refractivity contribution is 6.18. The summed E-state index contributed by atoms with van der Waals surface area (Å²) in [5, 5.41) is 0. The molecule has 3 aromatic rings. The number of halogens is 3. The van der Waals surface area contributed by atoms with E-state index in [0.29, 0.717) is 30.5 Å². The summed E-state index contributed by atoms with van der Waals surface area (Å²) in [6.07, 6.45) is 3.75. The molecular weight excluding hydrogens is 503 g/mol. The fourth-order valence-corrected chi connectivity index (χ4v) is 5.14. The van der Waals surface area contributed by atoms with Crippen LogP contribution in [0.5, 0.6) is 17.2 Å². The van der Waals surface area contributed by atoms with Crippen LogP contribution in [0.4, 0.5) is 0 Å². The highest BCUT2D eigenvalue weighted by Crippen LogP contribution is 2.34. The molecule has 0 N–H and O–H groups in total. The van der Waals surface area contributed by atoms with Gasteiger partial charge in [-0.05, 0) is 70.3 Å². The van der Waals surface area contributed by atoms with E-state index in [2.05, 4.69) is 36.4 Å². The van der Waals surface area contributed by atoms with Crippen molar-refractivity contribution in [3.8, 4) is 17.2 Å². The molecule has 0 aliphatic rings. The zero-order valence-corrected chi connectivity index (χ0v) is 22.9. The SMILES string of the molecule is COc1ccc(CCCl)cc1Cc1cc(CCCl)cc(Cc2cc(CCCl)ccc2OC)c1OC. The van der Waals surface area contributed by atoms with Crippen molar-refractivity contribution < 1.29 is 14.2 Å². The van der Waals surface area contributed by atoms with Crippen molar-refractivity contribution >= 4 is 34.8 Å². The molecule has 0 amide bonds. The van der Waals surface area contributed by atoms with Gasteiger partial charge in [0.05, 0.1) is 21.3 Å². The van der Waals surface area contributed by atoms with Crippen molar-refractivity contribution in [2.24, 2.45) is 0 Å². The van der Waals surface area contributed by atoms with Crippen molar-refractivity contribution in [3.05, 3.63) is 87.5 Å². The van der Waals surface area contributed by atoms with Crippen LogP contribution < -0.4 is 14.2 Å². The molecule has 188 valence electrons. The first-order valence-corrected chi connectivity index (χ1v) is 13.3. The van der Waals surface area contributed by atoms with E-state index in [1.807, 2.05) is 12.1 Å². The molecule has 0 radical (unpaired) electrons. The Bertz CT molecular complexity index is 1030. The Morgan fingerprint density at radius 3 is 1.29 bits per heavy atom. The highest BCUT2D eigenvalue weighted by atomic mass is 35.5. The van der Waals surface area contributed by atoms with Crippen molar-refractivity contribution in [2.45, 2.75) is 32.1 Å². The van der Waals surface area contributed by atoms with E-state index < -0.39 is 0 Å². The van der Waals surface area contributed by atoms with Crippen LogP contribution in [0, 0.1) is 0 Å². The number of aryl methyl sites for hydroxylation is 3. The van der Waals surface area contributed by atoms with Crippen LogP contribution in [0.3, 0.4) is 0 Å². The van der Waals surface area contributed by atoms with E-state index in [0.717, 1.165) is 58.8 Å². The van der Waals surface area contributed by atoms with Gasteiger partial charge in [0.25, 0.3) is 0 Å². The maximum absolute atomic E-state index is 6.14. The Morgan fingerprint density at radius 2 is 0.914 bits per heavy atom. The van der Waals surface area contributed by atoms with E-state index in [-0.39, 0.29) is 0 Å². The second-order valence-corrected chi connectivity index (χ2v) is 9.54. The third-order valence-electron chi connectivity index (χ3n) is 6.11. The predicted octanol–water partition coefficient (Wildman–Crippen LogP) is 7.24. The summed E-state index contributed by atoms with van der Waals surface area (Å²) < 4.78 is 17.3. The average molecular weight is 536 g/mol. The smallest absolute Gasteiger partial charge is 0.125 e. The highest BCUT2D eigenvalue weighted by Gasteiger charge is 2.17. The molecule has 35 heavy (non-hydrogen) atoms. The first-order chi connectivity index (χ1) is 17.1. The minimum atomic E-state index is 0.550. The van der Waals surface area contributed by atoms with Gasteiger partial charge in [-0.15, -0.1) is 34.8 Å². The second kappa shape index (κ2) is 13.9. The van der Waals surface area contributed by atoms with Gasteiger partial charge in [-0.3, -0.25) is 0 Å². The molecule has 0 heterocycles. The standard InChI is InChI=1S/C29H33Cl3O3/c1-33-27-6-4-20(8-11-30)14-23(27)18-25-16-22(10-13-32)17-26(29(25)35-3)19-24-15-21(9-12-31)5-7-28(24)34-2/h4-7,14-17H,8-13,18-19H2,1-3H3. The van der Waals surface area contributed by atoms with Crippen LogP contribution >= 0.6 is 34.8 Å². The molecule has 3 aromatic carbocycles. The number of hydrogen-bond donors (Lipinski definition) is 0. The first-order valence-electron chi connectivity index (χ1n) is 11.7. The molecule has 0 aliphatic carbocycles. The second-order valence-electron chi connectivity index (χ2n) is 8.41. The molecule has 0 spiro atoms. The van der Waals surface area contributed by atoms with E-state index >= 15 is 0 Å². The molecule has 0 atom stereocenters. The maximum Gasteiger partial charge on any atom is 0.125 e. The molecule has 3 rings (SSSR count). The lowest BCUT2D eigenvalue weighted by molar-refractivity contribution is 0.400. The van der Waals surface area contributed by atoms with Crippen LogP contribution in [-0.2, 0) is 32.1 Å². The monoisotopic (exact) mass is 534 g/mol. The number of ether oxygens (including phenoxy) is 3. The summed E-state index contributed by atoms with van der Waals surface area (Å²) in [6.45, 7) is 0. The van der Waals surface area contributed by atoms with Crippen molar-refractivity contribution in [1.82, 2.24) is 0 Å². The van der Waals surface area contributed by atoms with Gasteiger partial charge in [-0.25, -0.2) is 0 Å². The maximum atomic E-state index is 6.14. The average Bonchev–Trinajstić information content (AvgIpc) is 2.85. The Labute approximate surface area is 224 Å². The van der Waals surface area contributed by atoms with Crippen molar-refractivity contribution in [1.29, 1.82) is 0 Å². The van der Waals surface area contributed by atoms with Crippen LogP contribution in [0.2, 0.25) is 0 Å². The third-order valence-corrected chi connectivity index (χ3v) is 6.67. The molecule has 6 heteroatoms. The number of benzene rings is 3. The number of hydrogen-bond acceptors (Lipinski definition) is 3. The van der Waals surface area contributed by atoms with E-state index in [1.165, 1.54) is 16.7 Å². The van der Waals surface area contributed by atoms with Gasteiger partial charge in [-0.1, -0.05) is 36.4 Å². The molecule has 0 aromatic heterocycles. The minimum Gasteiger partial charge on any atom is -0.496 e. The van der Waals surface area contributed by atoms with Crippen LogP contribution in [0.15, 0.2) is 48.5 Å². The Hall–Kier alpha value is -2.07. The lowest BCUT2D eigenvalue weighted by atomic mass is 9.92. The Kier molecular flexibility index (Phi) is 10.9. The lowest BCUT2D eigenvalue weighted by Gasteiger charge is -2.19. The van der Waals surface area contributed by atoms with Gasteiger partial charge in [0.1, 0.15) is 17.2 Å². The van der Waals surface area contributed by atoms with Gasteiger partial charge >= 0.3 is 0 Å². The van der Waals surface area contributed by atoms with Crippen molar-refractivity contribution in [2.75, 3.05) is 39.0 Å². The molecule has 0 fully saturated rings. The third kappa shape index (κ3) is 7.22. The lowest BCUT2D eigenvalue weighted by Crippen LogP contribution is -2.05. The molecule has 0 aliphatic heterocycles. The summed E-state index contributed by atoms with van der Waals surface area (Å²) in [5.41, 5.74) is 7.95. The fraction of sp³-hybridized carbons (Fsp3) is 0.379. The largest absolute Gasteiger partial charge is 0.496 e. The van der Waals surface area contributed by atoms with Gasteiger partial charge in [0.15, 0.2) is 0 Å². The van der Waals surface area contributed by atoms with E-state index in [1.54, 1.807) is 21.3 Å². The van der Waals surface area contributed by atoms with E-state index in [9.17, 15) is 0 Å². The Morgan fingerprint density at radius 1 is 0.514 bits per heavy atom. The molecular formula is C29H33Cl3O3. The quantitative estimate of drug-likeness (QED) is 0.216. The van der Waals surface area contributed by atoms with Crippen LogP contribution in [-0.4, -0.2) is 39.0 Å². The molecule has 3 nitrogen and oxygen atoms in total. The zero-order chi connectivity index (χ0) is 25.2. The molecule has 0 unspecified atom stereocenters. The summed E-state index contributed by atoms with van der Waals surface area (Å²) in [5.74, 6) is 4.28. The van der Waals surface area contributed by atoms with Crippen molar-refractivity contribution in [3.63, 3.8) is 0 Å².